The molecule has 1 aliphatic rings. The Bertz CT molecular complexity index is 842. The molecule has 1 saturated heterocycles. The number of aromatic nitrogens is 3. The number of hydrogen-bond acceptors (Lipinski definition) is 5. The number of hydrogen-bond donors (Lipinski definition) is 0. The zero-order chi connectivity index (χ0) is 17.9. The van der Waals surface area contributed by atoms with Crippen LogP contribution < -0.4 is 4.90 Å². The van der Waals surface area contributed by atoms with Crippen molar-refractivity contribution in [2.24, 2.45) is 0 Å². The molecule has 1 atom stereocenters. The molecule has 1 aromatic carbocycles. The molecular weight excluding hydrogens is 346 g/mol. The lowest BCUT2D eigenvalue weighted by atomic mass is 10.2. The summed E-state index contributed by atoms with van der Waals surface area (Å²) in [6, 6.07) is 9.90. The molecule has 4 rings (SSSR count). The molecule has 136 valence electrons. The smallest absolute Gasteiger partial charge is 0.247 e. The van der Waals surface area contributed by atoms with Crippen LogP contribution in [0.25, 0.3) is 10.2 Å². The van der Waals surface area contributed by atoms with Gasteiger partial charge in [-0.15, -0.1) is 0 Å². The van der Waals surface area contributed by atoms with Gasteiger partial charge in [-0.25, -0.2) is 4.98 Å². The first-order valence-electron chi connectivity index (χ1n) is 9.14. The van der Waals surface area contributed by atoms with Crippen molar-refractivity contribution < 1.29 is 4.79 Å². The summed E-state index contributed by atoms with van der Waals surface area (Å²) in [7, 11) is 0. The van der Waals surface area contributed by atoms with E-state index in [0.717, 1.165) is 49.7 Å². The predicted octanol–water partition coefficient (Wildman–Crippen LogP) is 3.18. The zero-order valence-corrected chi connectivity index (χ0v) is 15.7. The molecule has 6 nitrogen and oxygen atoms in total. The summed E-state index contributed by atoms with van der Waals surface area (Å²) in [5.74, 6) is 0.169. The Labute approximate surface area is 157 Å². The van der Waals surface area contributed by atoms with Gasteiger partial charge in [-0.1, -0.05) is 30.4 Å². The van der Waals surface area contributed by atoms with Crippen molar-refractivity contribution in [3.05, 3.63) is 42.7 Å². The van der Waals surface area contributed by atoms with E-state index in [9.17, 15) is 4.79 Å². The van der Waals surface area contributed by atoms with Crippen molar-refractivity contribution in [2.75, 3.05) is 31.1 Å². The van der Waals surface area contributed by atoms with E-state index in [4.69, 9.17) is 4.98 Å². The van der Waals surface area contributed by atoms with Crippen molar-refractivity contribution in [3.63, 3.8) is 0 Å². The van der Waals surface area contributed by atoms with Gasteiger partial charge in [0, 0.05) is 38.6 Å². The van der Waals surface area contributed by atoms with Crippen LogP contribution in [0.1, 0.15) is 25.8 Å². The van der Waals surface area contributed by atoms with Gasteiger partial charge in [-0.2, -0.15) is 5.10 Å². The average Bonchev–Trinajstić information content (AvgIpc) is 3.27. The molecular formula is C19H23N5OS. The van der Waals surface area contributed by atoms with E-state index >= 15 is 0 Å². The summed E-state index contributed by atoms with van der Waals surface area (Å²) in [5.41, 5.74) is 1.05. The van der Waals surface area contributed by atoms with E-state index in [0.29, 0.717) is 0 Å². The Morgan fingerprint density at radius 1 is 1.19 bits per heavy atom. The van der Waals surface area contributed by atoms with Gasteiger partial charge >= 0.3 is 0 Å². The molecule has 3 aromatic rings. The predicted molar refractivity (Wildman–Crippen MR) is 105 cm³/mol. The van der Waals surface area contributed by atoms with Crippen molar-refractivity contribution in [3.8, 4) is 0 Å². The number of carbonyl (C=O) groups is 1. The quantitative estimate of drug-likeness (QED) is 0.709. The number of rotatable bonds is 4. The van der Waals surface area contributed by atoms with Crippen LogP contribution in [-0.2, 0) is 4.79 Å². The van der Waals surface area contributed by atoms with E-state index in [1.807, 2.05) is 36.2 Å². The van der Waals surface area contributed by atoms with Gasteiger partial charge in [0.2, 0.25) is 5.91 Å². The number of anilines is 1. The van der Waals surface area contributed by atoms with Crippen LogP contribution in [0.5, 0.6) is 0 Å². The second-order valence-electron chi connectivity index (χ2n) is 6.54. The van der Waals surface area contributed by atoms with Crippen molar-refractivity contribution in [1.29, 1.82) is 0 Å². The molecule has 26 heavy (non-hydrogen) atoms. The molecule has 0 aliphatic carbocycles. The number of para-hydroxylation sites is 1. The topological polar surface area (TPSA) is 54.3 Å². The molecule has 0 radical (unpaired) electrons. The monoisotopic (exact) mass is 369 g/mol. The molecule has 7 heteroatoms. The summed E-state index contributed by atoms with van der Waals surface area (Å²) in [4.78, 5) is 22.1. The van der Waals surface area contributed by atoms with Crippen LogP contribution in [-0.4, -0.2) is 51.8 Å². The lowest BCUT2D eigenvalue weighted by molar-refractivity contribution is -0.135. The van der Waals surface area contributed by atoms with Gasteiger partial charge in [0.15, 0.2) is 5.13 Å². The Hall–Kier alpha value is -2.41. The van der Waals surface area contributed by atoms with E-state index in [-0.39, 0.29) is 11.9 Å². The average molecular weight is 369 g/mol. The van der Waals surface area contributed by atoms with E-state index < -0.39 is 0 Å². The third-order valence-corrected chi connectivity index (χ3v) is 5.97. The fourth-order valence-electron chi connectivity index (χ4n) is 3.48. The summed E-state index contributed by atoms with van der Waals surface area (Å²) in [6.07, 6.45) is 5.31. The van der Waals surface area contributed by atoms with Crippen molar-refractivity contribution >= 4 is 32.6 Å². The minimum absolute atomic E-state index is 0.169. The first kappa shape index (κ1) is 17.0. The highest BCUT2D eigenvalue weighted by molar-refractivity contribution is 7.22. The molecule has 2 aromatic heterocycles. The maximum atomic E-state index is 13.0. The molecule has 1 amide bonds. The van der Waals surface area contributed by atoms with Gasteiger partial charge in [0.05, 0.1) is 10.2 Å². The first-order chi connectivity index (χ1) is 12.8. The van der Waals surface area contributed by atoms with Crippen LogP contribution in [0.3, 0.4) is 0 Å². The lowest BCUT2D eigenvalue weighted by Crippen LogP contribution is -2.39. The lowest BCUT2D eigenvalue weighted by Gasteiger charge is -2.26. The number of amides is 1. The SMILES string of the molecule is CC[C@H](C(=O)N1CCCN(c2nc3ccccc3s2)CC1)n1cccn1. The van der Waals surface area contributed by atoms with Crippen molar-refractivity contribution in [1.82, 2.24) is 19.7 Å². The third-order valence-electron chi connectivity index (χ3n) is 4.88. The number of fused-ring (bicyclic) bond motifs is 1. The van der Waals surface area contributed by atoms with Crippen molar-refractivity contribution in [2.45, 2.75) is 25.8 Å². The molecule has 1 aliphatic heterocycles. The van der Waals surface area contributed by atoms with Crippen LogP contribution in [0.4, 0.5) is 5.13 Å². The molecule has 0 N–H and O–H groups in total. The molecule has 0 saturated carbocycles. The van der Waals surface area contributed by atoms with E-state index in [2.05, 4.69) is 22.1 Å². The number of carbonyl (C=O) groups excluding carboxylic acids is 1. The molecule has 1 fully saturated rings. The largest absolute Gasteiger partial charge is 0.346 e. The maximum absolute atomic E-state index is 13.0. The van der Waals surface area contributed by atoms with Gasteiger partial charge in [0.25, 0.3) is 0 Å². The Morgan fingerprint density at radius 3 is 2.85 bits per heavy atom. The number of benzene rings is 1. The second kappa shape index (κ2) is 7.45. The molecule has 0 bridgehead atoms. The summed E-state index contributed by atoms with van der Waals surface area (Å²) >= 11 is 1.73. The number of nitrogens with zero attached hydrogens (tertiary/aromatic N) is 5. The van der Waals surface area contributed by atoms with E-state index in [1.54, 1.807) is 22.2 Å². The second-order valence-corrected chi connectivity index (χ2v) is 7.55. The standard InChI is InChI=1S/C19H23N5OS/c1-2-16(24-12-5-9-20-24)18(25)22-10-6-11-23(14-13-22)19-21-15-7-3-4-8-17(15)26-19/h3-5,7-9,12,16H,2,6,10-11,13-14H2,1H3/t16-/m1/s1. The first-order valence-corrected chi connectivity index (χ1v) is 9.96. The van der Waals surface area contributed by atoms with Crippen LogP contribution in [0, 0.1) is 0 Å². The van der Waals surface area contributed by atoms with Crippen LogP contribution in [0.2, 0.25) is 0 Å². The Kier molecular flexibility index (Phi) is 4.88. The Morgan fingerprint density at radius 2 is 2.08 bits per heavy atom. The molecule has 3 heterocycles. The van der Waals surface area contributed by atoms with Crippen LogP contribution >= 0.6 is 11.3 Å². The maximum Gasteiger partial charge on any atom is 0.247 e. The fraction of sp³-hybridized carbons (Fsp3) is 0.421. The van der Waals surface area contributed by atoms with Gasteiger partial charge in [-0.3, -0.25) is 9.48 Å². The van der Waals surface area contributed by atoms with Gasteiger partial charge in [0.1, 0.15) is 6.04 Å². The number of thiazole rings is 1. The fourth-order valence-corrected chi connectivity index (χ4v) is 4.49. The molecule has 0 spiro atoms. The minimum Gasteiger partial charge on any atom is -0.346 e. The summed E-state index contributed by atoms with van der Waals surface area (Å²) in [5, 5.41) is 5.32. The summed E-state index contributed by atoms with van der Waals surface area (Å²) < 4.78 is 2.99. The minimum atomic E-state index is -0.209. The molecule has 0 unspecified atom stereocenters. The normalized spacial score (nSPS) is 16.7. The zero-order valence-electron chi connectivity index (χ0n) is 14.9. The van der Waals surface area contributed by atoms with Gasteiger partial charge in [-0.05, 0) is 31.0 Å². The summed E-state index contributed by atoms with van der Waals surface area (Å²) in [6.45, 7) is 5.31. The van der Waals surface area contributed by atoms with Crippen LogP contribution in [0.15, 0.2) is 42.7 Å². The van der Waals surface area contributed by atoms with Gasteiger partial charge < -0.3 is 9.80 Å². The highest BCUT2D eigenvalue weighted by Gasteiger charge is 2.27. The Balaban J connectivity index is 1.46. The highest BCUT2D eigenvalue weighted by atomic mass is 32.1. The highest BCUT2D eigenvalue weighted by Crippen LogP contribution is 2.29. The third kappa shape index (κ3) is 3.31. The van der Waals surface area contributed by atoms with E-state index in [1.165, 1.54) is 4.70 Å².